The van der Waals surface area contributed by atoms with Gasteiger partial charge in [-0.05, 0) is 54.8 Å². The third kappa shape index (κ3) is 5.39. The summed E-state index contributed by atoms with van der Waals surface area (Å²) in [4.78, 5) is 31.6. The summed E-state index contributed by atoms with van der Waals surface area (Å²) in [6, 6.07) is 22.5. The number of esters is 1. The van der Waals surface area contributed by atoms with Crippen molar-refractivity contribution >= 4 is 34.4 Å². The number of fused-ring (bicyclic) bond motifs is 1. The molecule has 1 saturated heterocycles. The van der Waals surface area contributed by atoms with E-state index in [2.05, 4.69) is 15.2 Å². The summed E-state index contributed by atoms with van der Waals surface area (Å²) in [6.45, 7) is 3.62. The van der Waals surface area contributed by atoms with Crippen LogP contribution in [0, 0.1) is 0 Å². The zero-order valence-corrected chi connectivity index (χ0v) is 22.1. The first-order valence-electron chi connectivity index (χ1n) is 12.7. The van der Waals surface area contributed by atoms with Crippen LogP contribution in [0.1, 0.15) is 29.4 Å². The fourth-order valence-electron chi connectivity index (χ4n) is 5.15. The Morgan fingerprint density at radius 3 is 2.55 bits per heavy atom. The van der Waals surface area contributed by atoms with Gasteiger partial charge in [-0.2, -0.15) is 0 Å². The second-order valence-electron chi connectivity index (χ2n) is 9.38. The first-order chi connectivity index (χ1) is 18.5. The molecule has 0 bridgehead atoms. The molecule has 0 saturated carbocycles. The molecule has 2 atom stereocenters. The normalized spacial score (nSPS) is 17.4. The van der Waals surface area contributed by atoms with Gasteiger partial charge >= 0.3 is 5.97 Å². The number of ether oxygens (including phenoxy) is 2. The standard InChI is InChI=1S/C30H30ClN3O4/c1-3-38-23-12-9-19(10-13-23)17-34-18-22(16-26(34)30(36)37-2)32-29(35)28-27(20-7-5-4-6-8-20)24-15-21(31)11-14-25(24)33-28/h4-15,22,26,33H,3,16-18H2,1-2H3,(H,32,35)/t22-,26-/m0/s1. The first kappa shape index (κ1) is 25.8. The highest BCUT2D eigenvalue weighted by atomic mass is 35.5. The number of aromatic amines is 1. The minimum absolute atomic E-state index is 0.229. The molecule has 0 spiro atoms. The zero-order chi connectivity index (χ0) is 26.6. The van der Waals surface area contributed by atoms with E-state index < -0.39 is 6.04 Å². The van der Waals surface area contributed by atoms with E-state index in [0.29, 0.717) is 36.8 Å². The molecule has 196 valence electrons. The van der Waals surface area contributed by atoms with Crippen LogP contribution in [0.15, 0.2) is 72.8 Å². The monoisotopic (exact) mass is 531 g/mol. The van der Waals surface area contributed by atoms with Crippen molar-refractivity contribution in [3.05, 3.63) is 89.1 Å². The van der Waals surface area contributed by atoms with E-state index in [1.165, 1.54) is 7.11 Å². The van der Waals surface area contributed by atoms with Gasteiger partial charge in [0.25, 0.3) is 5.91 Å². The Morgan fingerprint density at radius 2 is 1.84 bits per heavy atom. The molecule has 7 nitrogen and oxygen atoms in total. The number of halogens is 1. The van der Waals surface area contributed by atoms with Crippen molar-refractivity contribution < 1.29 is 19.1 Å². The van der Waals surface area contributed by atoms with Gasteiger partial charge in [0, 0.05) is 40.6 Å². The molecule has 0 unspecified atom stereocenters. The number of likely N-dealkylation sites (tertiary alicyclic amines) is 1. The summed E-state index contributed by atoms with van der Waals surface area (Å²) in [5.74, 6) is 0.270. The van der Waals surface area contributed by atoms with E-state index in [-0.39, 0.29) is 17.9 Å². The van der Waals surface area contributed by atoms with Gasteiger partial charge in [0.15, 0.2) is 0 Å². The topological polar surface area (TPSA) is 83.7 Å². The second kappa shape index (κ2) is 11.3. The summed E-state index contributed by atoms with van der Waals surface area (Å²) in [7, 11) is 1.39. The third-order valence-electron chi connectivity index (χ3n) is 6.88. The van der Waals surface area contributed by atoms with Crippen LogP contribution in [0.3, 0.4) is 0 Å². The van der Waals surface area contributed by atoms with Crippen LogP contribution in [0.5, 0.6) is 5.75 Å². The van der Waals surface area contributed by atoms with Crippen LogP contribution in [-0.4, -0.2) is 54.1 Å². The smallest absolute Gasteiger partial charge is 0.323 e. The van der Waals surface area contributed by atoms with E-state index in [1.54, 1.807) is 6.07 Å². The summed E-state index contributed by atoms with van der Waals surface area (Å²) in [5.41, 5.74) is 4.06. The number of carbonyl (C=O) groups excluding carboxylic acids is 2. The lowest BCUT2D eigenvalue weighted by molar-refractivity contribution is -0.146. The molecule has 38 heavy (non-hydrogen) atoms. The maximum atomic E-state index is 13.6. The minimum Gasteiger partial charge on any atom is -0.494 e. The summed E-state index contributed by atoms with van der Waals surface area (Å²) >= 11 is 6.30. The Morgan fingerprint density at radius 1 is 1.08 bits per heavy atom. The second-order valence-corrected chi connectivity index (χ2v) is 9.82. The van der Waals surface area contributed by atoms with Crippen LogP contribution in [0.25, 0.3) is 22.0 Å². The Hall–Kier alpha value is -3.81. The number of rotatable bonds is 8. The number of H-pyrrole nitrogens is 1. The summed E-state index contributed by atoms with van der Waals surface area (Å²) < 4.78 is 10.6. The van der Waals surface area contributed by atoms with Crippen LogP contribution in [0.2, 0.25) is 5.02 Å². The van der Waals surface area contributed by atoms with Crippen molar-refractivity contribution in [3.63, 3.8) is 0 Å². The molecule has 1 amide bonds. The molecule has 8 heteroatoms. The van der Waals surface area contributed by atoms with Crippen molar-refractivity contribution in [3.8, 4) is 16.9 Å². The number of aromatic nitrogens is 1. The molecule has 3 aromatic carbocycles. The highest BCUT2D eigenvalue weighted by Gasteiger charge is 2.38. The van der Waals surface area contributed by atoms with Gasteiger partial charge in [0.2, 0.25) is 0 Å². The average Bonchev–Trinajstić information content (AvgIpc) is 3.51. The molecule has 4 aromatic rings. The lowest BCUT2D eigenvalue weighted by Crippen LogP contribution is -2.38. The van der Waals surface area contributed by atoms with Crippen LogP contribution in [-0.2, 0) is 16.1 Å². The highest BCUT2D eigenvalue weighted by Crippen LogP contribution is 2.34. The Bertz CT molecular complexity index is 1440. The van der Waals surface area contributed by atoms with Crippen molar-refractivity contribution in [1.29, 1.82) is 0 Å². The summed E-state index contributed by atoms with van der Waals surface area (Å²) in [5, 5.41) is 4.64. The highest BCUT2D eigenvalue weighted by molar-refractivity contribution is 6.31. The van der Waals surface area contributed by atoms with Gasteiger partial charge in [-0.1, -0.05) is 54.1 Å². The lowest BCUT2D eigenvalue weighted by Gasteiger charge is -2.22. The van der Waals surface area contributed by atoms with Crippen molar-refractivity contribution in [2.45, 2.75) is 32.0 Å². The van der Waals surface area contributed by atoms with E-state index in [0.717, 1.165) is 33.3 Å². The van der Waals surface area contributed by atoms with Gasteiger partial charge in [-0.25, -0.2) is 0 Å². The molecule has 2 N–H and O–H groups in total. The predicted molar refractivity (Wildman–Crippen MR) is 148 cm³/mol. The maximum Gasteiger partial charge on any atom is 0.323 e. The lowest BCUT2D eigenvalue weighted by atomic mass is 10.0. The van der Waals surface area contributed by atoms with Crippen LogP contribution < -0.4 is 10.1 Å². The van der Waals surface area contributed by atoms with E-state index in [1.807, 2.05) is 73.7 Å². The van der Waals surface area contributed by atoms with Crippen LogP contribution in [0.4, 0.5) is 0 Å². The largest absolute Gasteiger partial charge is 0.494 e. The molecule has 5 rings (SSSR count). The Balaban J connectivity index is 1.38. The number of carbonyl (C=O) groups is 2. The third-order valence-corrected chi connectivity index (χ3v) is 7.12. The van der Waals surface area contributed by atoms with Crippen molar-refractivity contribution in [2.24, 2.45) is 0 Å². The van der Waals surface area contributed by atoms with Crippen LogP contribution >= 0.6 is 11.6 Å². The summed E-state index contributed by atoms with van der Waals surface area (Å²) in [6.07, 6.45) is 0.460. The number of nitrogens with zero attached hydrogens (tertiary/aromatic N) is 1. The number of hydrogen-bond donors (Lipinski definition) is 2. The molecule has 0 aliphatic carbocycles. The maximum absolute atomic E-state index is 13.6. The molecule has 2 heterocycles. The molecular weight excluding hydrogens is 502 g/mol. The van der Waals surface area contributed by atoms with Gasteiger partial charge in [-0.3, -0.25) is 14.5 Å². The molecular formula is C30H30ClN3O4. The predicted octanol–water partition coefficient (Wildman–Crippen LogP) is 5.43. The van der Waals surface area contributed by atoms with Gasteiger partial charge in [-0.15, -0.1) is 0 Å². The number of nitrogens with one attached hydrogen (secondary N) is 2. The van der Waals surface area contributed by atoms with E-state index in [4.69, 9.17) is 21.1 Å². The van der Waals surface area contributed by atoms with Crippen molar-refractivity contribution in [2.75, 3.05) is 20.3 Å². The number of methoxy groups -OCH3 is 1. The Kier molecular flexibility index (Phi) is 7.67. The zero-order valence-electron chi connectivity index (χ0n) is 21.4. The number of benzene rings is 3. The van der Waals surface area contributed by atoms with Gasteiger partial charge in [0.05, 0.1) is 13.7 Å². The molecule has 1 aromatic heterocycles. The van der Waals surface area contributed by atoms with Crippen molar-refractivity contribution in [1.82, 2.24) is 15.2 Å². The molecule has 0 radical (unpaired) electrons. The average molecular weight is 532 g/mol. The van der Waals surface area contributed by atoms with E-state index >= 15 is 0 Å². The van der Waals surface area contributed by atoms with Gasteiger partial charge in [0.1, 0.15) is 17.5 Å². The van der Waals surface area contributed by atoms with Gasteiger partial charge < -0.3 is 19.8 Å². The first-order valence-corrected chi connectivity index (χ1v) is 13.1. The molecule has 1 fully saturated rings. The Labute approximate surface area is 226 Å². The fourth-order valence-corrected chi connectivity index (χ4v) is 5.33. The fraction of sp³-hybridized carbons (Fsp3) is 0.267. The van der Waals surface area contributed by atoms with E-state index in [9.17, 15) is 9.59 Å². The molecule has 1 aliphatic rings. The minimum atomic E-state index is -0.452. The number of amides is 1. The SMILES string of the molecule is CCOc1ccc(CN2C[C@@H](NC(=O)c3[nH]c4ccc(Cl)cc4c3-c3ccccc3)C[C@H]2C(=O)OC)cc1. The number of hydrogen-bond acceptors (Lipinski definition) is 5. The molecule has 1 aliphatic heterocycles. The quantitative estimate of drug-likeness (QED) is 0.296.